The lowest BCUT2D eigenvalue weighted by Gasteiger charge is -2.26. The van der Waals surface area contributed by atoms with Gasteiger partial charge in [-0.25, -0.2) is 4.39 Å². The number of aromatic nitrogens is 2. The van der Waals surface area contributed by atoms with Crippen molar-refractivity contribution in [1.29, 1.82) is 0 Å². The van der Waals surface area contributed by atoms with Crippen molar-refractivity contribution in [3.8, 4) is 0 Å². The molecule has 1 aromatic carbocycles. The van der Waals surface area contributed by atoms with E-state index >= 15 is 0 Å². The SMILES string of the molecule is COCC(C)(C)n1c(=S)[nH]c2ccc(F)cc21. The second-order valence-corrected chi connectivity index (χ2v) is 5.06. The normalized spacial score (nSPS) is 12.2. The molecule has 0 atom stereocenters. The molecule has 0 saturated carbocycles. The first-order chi connectivity index (χ1) is 7.95. The molecular weight excluding hydrogens is 239 g/mol. The number of aromatic amines is 1. The van der Waals surface area contributed by atoms with Crippen molar-refractivity contribution in [1.82, 2.24) is 9.55 Å². The Morgan fingerprint density at radius 1 is 1.47 bits per heavy atom. The summed E-state index contributed by atoms with van der Waals surface area (Å²) in [4.78, 5) is 3.07. The summed E-state index contributed by atoms with van der Waals surface area (Å²) in [6, 6.07) is 4.60. The Balaban J connectivity index is 2.72. The smallest absolute Gasteiger partial charge is 0.178 e. The van der Waals surface area contributed by atoms with Crippen molar-refractivity contribution in [3.05, 3.63) is 28.8 Å². The highest BCUT2D eigenvalue weighted by Gasteiger charge is 2.23. The Labute approximate surface area is 104 Å². The fourth-order valence-electron chi connectivity index (χ4n) is 2.09. The van der Waals surface area contributed by atoms with Crippen molar-refractivity contribution in [3.63, 3.8) is 0 Å². The van der Waals surface area contributed by atoms with Gasteiger partial charge in [-0.2, -0.15) is 0 Å². The number of nitrogens with one attached hydrogen (secondary N) is 1. The van der Waals surface area contributed by atoms with E-state index in [1.54, 1.807) is 13.2 Å². The molecule has 0 saturated heterocycles. The van der Waals surface area contributed by atoms with Crippen LogP contribution in [-0.4, -0.2) is 23.3 Å². The van der Waals surface area contributed by atoms with Crippen LogP contribution in [0.1, 0.15) is 13.8 Å². The molecule has 2 aromatic rings. The lowest BCUT2D eigenvalue weighted by Crippen LogP contribution is -2.31. The lowest BCUT2D eigenvalue weighted by atomic mass is 10.1. The predicted octanol–water partition coefficient (Wildman–Crippen LogP) is 3.22. The third-order valence-electron chi connectivity index (χ3n) is 2.75. The number of rotatable bonds is 3. The average molecular weight is 254 g/mol. The highest BCUT2D eigenvalue weighted by Crippen LogP contribution is 2.24. The van der Waals surface area contributed by atoms with E-state index in [2.05, 4.69) is 4.98 Å². The minimum absolute atomic E-state index is 0.270. The summed E-state index contributed by atoms with van der Waals surface area (Å²) in [5, 5.41) is 0. The number of H-pyrrole nitrogens is 1. The van der Waals surface area contributed by atoms with Crippen LogP contribution in [0.25, 0.3) is 11.0 Å². The van der Waals surface area contributed by atoms with Crippen molar-refractivity contribution >= 4 is 23.3 Å². The molecule has 0 radical (unpaired) electrons. The third kappa shape index (κ3) is 2.12. The summed E-state index contributed by atoms with van der Waals surface area (Å²) in [6.07, 6.45) is 0. The van der Waals surface area contributed by atoms with Gasteiger partial charge in [-0.05, 0) is 44.3 Å². The number of methoxy groups -OCH3 is 1. The minimum atomic E-state index is -0.322. The van der Waals surface area contributed by atoms with Crippen LogP contribution in [0.2, 0.25) is 0 Å². The Kier molecular flexibility index (Phi) is 3.05. The van der Waals surface area contributed by atoms with Gasteiger partial charge < -0.3 is 14.3 Å². The Morgan fingerprint density at radius 3 is 2.82 bits per heavy atom. The van der Waals surface area contributed by atoms with Crippen LogP contribution in [-0.2, 0) is 10.3 Å². The second kappa shape index (κ2) is 4.23. The zero-order valence-electron chi connectivity index (χ0n) is 10.1. The number of hydrogen-bond donors (Lipinski definition) is 1. The van der Waals surface area contributed by atoms with E-state index in [0.717, 1.165) is 11.0 Å². The molecule has 17 heavy (non-hydrogen) atoms. The summed E-state index contributed by atoms with van der Waals surface area (Å²) < 4.78 is 21.0. The third-order valence-corrected chi connectivity index (χ3v) is 3.03. The standard InChI is InChI=1S/C12H15FN2OS/c1-12(2,7-16-3)15-10-6-8(13)4-5-9(10)14-11(15)17/h4-6H,7H2,1-3H3,(H,14,17). The first kappa shape index (κ1) is 12.3. The first-order valence-corrected chi connectivity index (χ1v) is 5.76. The number of ether oxygens (including phenoxy) is 1. The summed E-state index contributed by atoms with van der Waals surface area (Å²) in [5.41, 5.74) is 1.27. The zero-order chi connectivity index (χ0) is 12.6. The molecular formula is C12H15FN2OS. The maximum Gasteiger partial charge on any atom is 0.178 e. The molecule has 1 heterocycles. The molecule has 3 nitrogen and oxygen atoms in total. The largest absolute Gasteiger partial charge is 0.382 e. The van der Waals surface area contributed by atoms with Gasteiger partial charge >= 0.3 is 0 Å². The number of hydrogen-bond acceptors (Lipinski definition) is 2. The van der Waals surface area contributed by atoms with Gasteiger partial charge in [-0.15, -0.1) is 0 Å². The number of imidazole rings is 1. The van der Waals surface area contributed by atoms with Crippen molar-refractivity contribution < 1.29 is 9.13 Å². The quantitative estimate of drug-likeness (QED) is 0.852. The van der Waals surface area contributed by atoms with Crippen LogP contribution < -0.4 is 0 Å². The van der Waals surface area contributed by atoms with Gasteiger partial charge in [0, 0.05) is 7.11 Å². The molecule has 0 aliphatic carbocycles. The Hall–Kier alpha value is -1.20. The van der Waals surface area contributed by atoms with E-state index in [9.17, 15) is 4.39 Å². The van der Waals surface area contributed by atoms with Crippen LogP contribution in [0.5, 0.6) is 0 Å². The van der Waals surface area contributed by atoms with E-state index in [4.69, 9.17) is 17.0 Å². The van der Waals surface area contributed by atoms with E-state index in [-0.39, 0.29) is 11.4 Å². The van der Waals surface area contributed by atoms with Gasteiger partial charge in [0.2, 0.25) is 0 Å². The number of halogens is 1. The highest BCUT2D eigenvalue weighted by atomic mass is 32.1. The van der Waals surface area contributed by atoms with Crippen LogP contribution in [0.15, 0.2) is 18.2 Å². The molecule has 0 aliphatic rings. The summed E-state index contributed by atoms with van der Waals surface area (Å²) in [7, 11) is 1.64. The van der Waals surface area contributed by atoms with E-state index < -0.39 is 0 Å². The van der Waals surface area contributed by atoms with Gasteiger partial charge in [-0.3, -0.25) is 0 Å². The van der Waals surface area contributed by atoms with Crippen molar-refractivity contribution in [2.24, 2.45) is 0 Å². The highest BCUT2D eigenvalue weighted by molar-refractivity contribution is 7.71. The van der Waals surface area contributed by atoms with Crippen LogP contribution in [0.3, 0.4) is 0 Å². The van der Waals surface area contributed by atoms with Gasteiger partial charge in [0.1, 0.15) is 5.82 Å². The minimum Gasteiger partial charge on any atom is -0.382 e. The van der Waals surface area contributed by atoms with Gasteiger partial charge in [0.25, 0.3) is 0 Å². The number of benzene rings is 1. The van der Waals surface area contributed by atoms with E-state index in [1.165, 1.54) is 12.1 Å². The molecule has 0 fully saturated rings. The molecule has 0 bridgehead atoms. The topological polar surface area (TPSA) is 29.9 Å². The fourth-order valence-corrected chi connectivity index (χ4v) is 2.55. The molecule has 1 aromatic heterocycles. The predicted molar refractivity (Wildman–Crippen MR) is 68.3 cm³/mol. The van der Waals surface area contributed by atoms with Crippen LogP contribution in [0, 0.1) is 10.6 Å². The van der Waals surface area contributed by atoms with Crippen molar-refractivity contribution in [2.75, 3.05) is 13.7 Å². The molecule has 1 N–H and O–H groups in total. The van der Waals surface area contributed by atoms with Gasteiger partial charge in [-0.1, -0.05) is 0 Å². The van der Waals surface area contributed by atoms with Crippen LogP contribution >= 0.6 is 12.2 Å². The summed E-state index contributed by atoms with van der Waals surface area (Å²) in [6.45, 7) is 4.51. The lowest BCUT2D eigenvalue weighted by molar-refractivity contribution is 0.111. The Bertz CT molecular complexity index is 600. The summed E-state index contributed by atoms with van der Waals surface area (Å²) >= 11 is 5.29. The monoisotopic (exact) mass is 254 g/mol. The molecule has 0 unspecified atom stereocenters. The maximum absolute atomic E-state index is 13.3. The number of fused-ring (bicyclic) bond motifs is 1. The fraction of sp³-hybridized carbons (Fsp3) is 0.417. The van der Waals surface area contributed by atoms with E-state index in [1.807, 2.05) is 18.4 Å². The first-order valence-electron chi connectivity index (χ1n) is 5.35. The molecule has 0 spiro atoms. The molecule has 0 amide bonds. The average Bonchev–Trinajstić information content (AvgIpc) is 2.53. The van der Waals surface area contributed by atoms with Crippen molar-refractivity contribution in [2.45, 2.75) is 19.4 Å². The molecule has 0 aliphatic heterocycles. The number of nitrogens with zero attached hydrogens (tertiary/aromatic N) is 1. The summed E-state index contributed by atoms with van der Waals surface area (Å²) in [5.74, 6) is -0.270. The second-order valence-electron chi connectivity index (χ2n) is 4.67. The maximum atomic E-state index is 13.3. The van der Waals surface area contributed by atoms with E-state index in [0.29, 0.717) is 11.4 Å². The molecule has 5 heteroatoms. The zero-order valence-corrected chi connectivity index (χ0v) is 10.9. The van der Waals surface area contributed by atoms with Crippen LogP contribution in [0.4, 0.5) is 4.39 Å². The molecule has 2 rings (SSSR count). The Morgan fingerprint density at radius 2 is 2.18 bits per heavy atom. The van der Waals surface area contributed by atoms with Gasteiger partial charge in [0.05, 0.1) is 23.2 Å². The molecule has 92 valence electrons. The van der Waals surface area contributed by atoms with Gasteiger partial charge in [0.15, 0.2) is 4.77 Å².